The van der Waals surface area contributed by atoms with E-state index in [1.165, 1.54) is 27.8 Å². The van der Waals surface area contributed by atoms with Gasteiger partial charge in [-0.05, 0) is 46.5 Å². The summed E-state index contributed by atoms with van der Waals surface area (Å²) in [4.78, 5) is 0. The van der Waals surface area contributed by atoms with E-state index < -0.39 is 0 Å². The lowest BCUT2D eigenvalue weighted by Crippen LogP contribution is -2.04. The number of alkyl halides is 1. The highest BCUT2D eigenvalue weighted by atomic mass is 35.5. The molecule has 3 heteroatoms. The first-order valence-electron chi connectivity index (χ1n) is 6.54. The molecule has 0 nitrogen and oxygen atoms in total. The standard InChI is InChI=1S/C17H14ClFS/c18-10-13(12-5-7-15(19)8-6-12)9-14-11-20-17-4-2-1-3-16(14)17/h1-8,11,13H,9-10H2. The maximum absolute atomic E-state index is 13.0. The summed E-state index contributed by atoms with van der Waals surface area (Å²) in [5, 5.41) is 3.50. The van der Waals surface area contributed by atoms with E-state index in [1.807, 2.05) is 12.1 Å². The van der Waals surface area contributed by atoms with Crippen molar-refractivity contribution < 1.29 is 4.39 Å². The number of thiophene rings is 1. The van der Waals surface area contributed by atoms with Crippen molar-refractivity contribution in [2.24, 2.45) is 0 Å². The number of benzene rings is 2. The van der Waals surface area contributed by atoms with Gasteiger partial charge in [0.05, 0.1) is 0 Å². The molecule has 1 unspecified atom stereocenters. The van der Waals surface area contributed by atoms with Crippen LogP contribution in [0, 0.1) is 5.82 Å². The molecule has 0 radical (unpaired) electrons. The summed E-state index contributed by atoms with van der Waals surface area (Å²) in [6, 6.07) is 15.1. The predicted octanol–water partition coefficient (Wildman–Crippen LogP) is 5.61. The van der Waals surface area contributed by atoms with Crippen LogP contribution in [-0.2, 0) is 6.42 Å². The Labute approximate surface area is 126 Å². The Morgan fingerprint density at radius 3 is 2.55 bits per heavy atom. The van der Waals surface area contributed by atoms with Gasteiger partial charge in [-0.2, -0.15) is 0 Å². The second kappa shape index (κ2) is 5.94. The summed E-state index contributed by atoms with van der Waals surface area (Å²) < 4.78 is 14.3. The lowest BCUT2D eigenvalue weighted by Gasteiger charge is -2.14. The molecule has 0 fully saturated rings. The van der Waals surface area contributed by atoms with E-state index in [1.54, 1.807) is 11.3 Å². The lowest BCUT2D eigenvalue weighted by atomic mass is 9.93. The van der Waals surface area contributed by atoms with E-state index in [9.17, 15) is 4.39 Å². The van der Waals surface area contributed by atoms with Gasteiger partial charge in [-0.1, -0.05) is 30.3 Å². The Bertz CT molecular complexity index is 702. The zero-order chi connectivity index (χ0) is 13.9. The van der Waals surface area contributed by atoms with Crippen LogP contribution in [0.2, 0.25) is 0 Å². The molecule has 1 heterocycles. The monoisotopic (exact) mass is 304 g/mol. The third-order valence-corrected chi connectivity index (χ3v) is 4.94. The second-order valence-corrected chi connectivity index (χ2v) is 6.08. The van der Waals surface area contributed by atoms with Gasteiger partial charge < -0.3 is 0 Å². The van der Waals surface area contributed by atoms with Crippen molar-refractivity contribution in [3.8, 4) is 0 Å². The van der Waals surface area contributed by atoms with Crippen LogP contribution in [0.25, 0.3) is 10.1 Å². The highest BCUT2D eigenvalue weighted by Crippen LogP contribution is 2.31. The molecule has 0 aliphatic rings. The average molecular weight is 305 g/mol. The summed E-state index contributed by atoms with van der Waals surface area (Å²) in [6.45, 7) is 0. The predicted molar refractivity (Wildman–Crippen MR) is 85.4 cm³/mol. The molecule has 0 bridgehead atoms. The molecule has 2 aromatic carbocycles. The Hall–Kier alpha value is -1.38. The van der Waals surface area contributed by atoms with Gasteiger partial charge in [0.15, 0.2) is 0 Å². The first kappa shape index (κ1) is 13.6. The Kier molecular flexibility index (Phi) is 4.04. The number of fused-ring (bicyclic) bond motifs is 1. The summed E-state index contributed by atoms with van der Waals surface area (Å²) >= 11 is 7.88. The van der Waals surface area contributed by atoms with Gasteiger partial charge in [-0.3, -0.25) is 0 Å². The maximum atomic E-state index is 13.0. The van der Waals surface area contributed by atoms with Crippen molar-refractivity contribution in [3.63, 3.8) is 0 Å². The smallest absolute Gasteiger partial charge is 0.123 e. The maximum Gasteiger partial charge on any atom is 0.123 e. The Morgan fingerprint density at radius 1 is 1.05 bits per heavy atom. The number of hydrogen-bond donors (Lipinski definition) is 0. The summed E-state index contributed by atoms with van der Waals surface area (Å²) in [6.07, 6.45) is 0.888. The highest BCUT2D eigenvalue weighted by Gasteiger charge is 2.14. The number of rotatable bonds is 4. The van der Waals surface area contributed by atoms with Gasteiger partial charge in [-0.25, -0.2) is 4.39 Å². The summed E-state index contributed by atoms with van der Waals surface area (Å²) in [5.74, 6) is 0.550. The fourth-order valence-electron chi connectivity index (χ4n) is 2.45. The van der Waals surface area contributed by atoms with Crippen molar-refractivity contribution in [1.82, 2.24) is 0 Å². The quantitative estimate of drug-likeness (QED) is 0.550. The van der Waals surface area contributed by atoms with Crippen LogP contribution in [0.1, 0.15) is 17.0 Å². The van der Waals surface area contributed by atoms with E-state index in [0.717, 1.165) is 12.0 Å². The lowest BCUT2D eigenvalue weighted by molar-refractivity contribution is 0.625. The van der Waals surface area contributed by atoms with E-state index in [-0.39, 0.29) is 11.7 Å². The normalized spacial score (nSPS) is 12.7. The average Bonchev–Trinajstić information content (AvgIpc) is 2.89. The fraction of sp³-hybridized carbons (Fsp3) is 0.176. The SMILES string of the molecule is Fc1ccc(C(CCl)Cc2csc3ccccc23)cc1. The molecule has 3 rings (SSSR count). The van der Waals surface area contributed by atoms with Crippen LogP contribution in [0.3, 0.4) is 0 Å². The second-order valence-electron chi connectivity index (χ2n) is 4.86. The molecular formula is C17H14ClFS. The molecule has 102 valence electrons. The third-order valence-electron chi connectivity index (χ3n) is 3.56. The first-order valence-corrected chi connectivity index (χ1v) is 7.96. The number of halogens is 2. The van der Waals surface area contributed by atoms with Gasteiger partial charge in [0.1, 0.15) is 5.82 Å². The minimum absolute atomic E-state index is 0.206. The fourth-order valence-corrected chi connectivity index (χ4v) is 3.72. The molecular weight excluding hydrogens is 291 g/mol. The molecule has 0 N–H and O–H groups in total. The van der Waals surface area contributed by atoms with Crippen molar-refractivity contribution >= 4 is 33.0 Å². The molecule has 0 spiro atoms. The number of hydrogen-bond acceptors (Lipinski definition) is 1. The van der Waals surface area contributed by atoms with Gasteiger partial charge in [0.25, 0.3) is 0 Å². The largest absolute Gasteiger partial charge is 0.207 e. The van der Waals surface area contributed by atoms with Gasteiger partial charge in [0.2, 0.25) is 0 Å². The van der Waals surface area contributed by atoms with Gasteiger partial charge in [0, 0.05) is 16.5 Å². The van der Waals surface area contributed by atoms with Crippen LogP contribution >= 0.6 is 22.9 Å². The van der Waals surface area contributed by atoms with E-state index in [2.05, 4.69) is 29.6 Å². The third kappa shape index (κ3) is 2.72. The van der Waals surface area contributed by atoms with E-state index >= 15 is 0 Å². The molecule has 0 aliphatic heterocycles. The van der Waals surface area contributed by atoms with Crippen molar-refractivity contribution in [1.29, 1.82) is 0 Å². The van der Waals surface area contributed by atoms with Crippen LogP contribution in [0.4, 0.5) is 4.39 Å². The van der Waals surface area contributed by atoms with Crippen LogP contribution in [0.15, 0.2) is 53.9 Å². The summed E-state index contributed by atoms with van der Waals surface area (Å²) in [7, 11) is 0. The highest BCUT2D eigenvalue weighted by molar-refractivity contribution is 7.17. The molecule has 1 atom stereocenters. The Balaban J connectivity index is 1.89. The summed E-state index contributed by atoms with van der Waals surface area (Å²) in [5.41, 5.74) is 2.41. The van der Waals surface area contributed by atoms with Gasteiger partial charge in [-0.15, -0.1) is 22.9 Å². The molecule has 0 saturated heterocycles. The van der Waals surface area contributed by atoms with Crippen LogP contribution in [0.5, 0.6) is 0 Å². The Morgan fingerprint density at radius 2 is 1.80 bits per heavy atom. The zero-order valence-corrected chi connectivity index (χ0v) is 12.4. The molecule has 3 aromatic rings. The molecule has 20 heavy (non-hydrogen) atoms. The van der Waals surface area contributed by atoms with Crippen LogP contribution < -0.4 is 0 Å². The van der Waals surface area contributed by atoms with Crippen molar-refractivity contribution in [2.75, 3.05) is 5.88 Å². The van der Waals surface area contributed by atoms with Crippen LogP contribution in [-0.4, -0.2) is 5.88 Å². The molecule has 0 amide bonds. The van der Waals surface area contributed by atoms with E-state index in [4.69, 9.17) is 11.6 Å². The van der Waals surface area contributed by atoms with Gasteiger partial charge >= 0.3 is 0 Å². The topological polar surface area (TPSA) is 0 Å². The molecule has 1 aromatic heterocycles. The van der Waals surface area contributed by atoms with E-state index in [0.29, 0.717) is 5.88 Å². The zero-order valence-electron chi connectivity index (χ0n) is 10.9. The molecule has 0 saturated carbocycles. The van der Waals surface area contributed by atoms with Crippen molar-refractivity contribution in [2.45, 2.75) is 12.3 Å². The van der Waals surface area contributed by atoms with Crippen molar-refractivity contribution in [3.05, 3.63) is 70.9 Å². The minimum atomic E-state index is -0.206. The minimum Gasteiger partial charge on any atom is -0.207 e. The molecule has 0 aliphatic carbocycles. The first-order chi connectivity index (χ1) is 9.78.